The van der Waals surface area contributed by atoms with Crippen LogP contribution in [0.5, 0.6) is 0 Å². The van der Waals surface area contributed by atoms with Crippen LogP contribution in [0.4, 0.5) is 15.9 Å². The fourth-order valence-corrected chi connectivity index (χ4v) is 2.52. The zero-order valence-corrected chi connectivity index (χ0v) is 13.5. The second-order valence-corrected chi connectivity index (χ2v) is 6.15. The van der Waals surface area contributed by atoms with E-state index in [1.54, 1.807) is 6.92 Å². The Hall–Kier alpha value is -2.37. The lowest BCUT2D eigenvalue weighted by atomic mass is 10.3. The number of halogens is 2. The molecule has 0 spiro atoms. The summed E-state index contributed by atoms with van der Waals surface area (Å²) in [7, 11) is 0. The number of nitrogen functional groups attached to an aromatic ring is 1. The van der Waals surface area contributed by atoms with E-state index < -0.39 is 11.1 Å². The number of thioether (sulfide) groups is 1. The molecule has 0 aliphatic carbocycles. The lowest BCUT2D eigenvalue weighted by molar-refractivity contribution is -0.115. The van der Waals surface area contributed by atoms with E-state index in [1.165, 1.54) is 18.3 Å². The summed E-state index contributed by atoms with van der Waals surface area (Å²) in [6, 6.07) is 5.54. The van der Waals surface area contributed by atoms with Crippen molar-refractivity contribution < 1.29 is 9.18 Å². The zero-order valence-electron chi connectivity index (χ0n) is 11.9. The molecule has 3 N–H and O–H groups in total. The van der Waals surface area contributed by atoms with Gasteiger partial charge in [-0.2, -0.15) is 5.26 Å². The number of nitrogens with zero attached hydrogens (tertiary/aromatic N) is 3. The van der Waals surface area contributed by atoms with Gasteiger partial charge in [-0.1, -0.05) is 23.4 Å². The van der Waals surface area contributed by atoms with Gasteiger partial charge in [0.1, 0.15) is 23.3 Å². The van der Waals surface area contributed by atoms with Crippen LogP contribution in [-0.4, -0.2) is 21.1 Å². The van der Waals surface area contributed by atoms with Crippen LogP contribution < -0.4 is 11.1 Å². The predicted octanol–water partition coefficient (Wildman–Crippen LogP) is 2.84. The van der Waals surface area contributed by atoms with Crippen molar-refractivity contribution in [3.05, 3.63) is 40.8 Å². The average Bonchev–Trinajstić information content (AvgIpc) is 2.50. The first-order chi connectivity index (χ1) is 10.9. The smallest absolute Gasteiger partial charge is 0.237 e. The highest BCUT2D eigenvalue weighted by Gasteiger charge is 2.18. The predicted molar refractivity (Wildman–Crippen MR) is 86.5 cm³/mol. The Morgan fingerprint density at radius 3 is 2.91 bits per heavy atom. The number of carbonyl (C=O) groups excluding carboxylic acids is 1. The molecule has 0 saturated heterocycles. The molecule has 2 aromatic rings. The van der Waals surface area contributed by atoms with Gasteiger partial charge in [-0.05, 0) is 25.1 Å². The van der Waals surface area contributed by atoms with Crippen LogP contribution in [-0.2, 0) is 4.79 Å². The lowest BCUT2D eigenvalue weighted by Crippen LogP contribution is -2.23. The minimum absolute atomic E-state index is 0.0548. The quantitative estimate of drug-likeness (QED) is 0.648. The highest BCUT2D eigenvalue weighted by Crippen LogP contribution is 2.25. The monoisotopic (exact) mass is 351 g/mol. The van der Waals surface area contributed by atoms with Gasteiger partial charge in [-0.3, -0.25) is 4.79 Å². The van der Waals surface area contributed by atoms with E-state index in [2.05, 4.69) is 15.3 Å². The van der Waals surface area contributed by atoms with Crippen molar-refractivity contribution in [3.8, 4) is 6.07 Å². The summed E-state index contributed by atoms with van der Waals surface area (Å²) < 4.78 is 13.0. The molecule has 1 atom stereocenters. The molecule has 9 heteroatoms. The van der Waals surface area contributed by atoms with Crippen LogP contribution in [0, 0.1) is 17.1 Å². The van der Waals surface area contributed by atoms with Crippen LogP contribution in [0.2, 0.25) is 5.02 Å². The summed E-state index contributed by atoms with van der Waals surface area (Å²) in [6.07, 6.45) is 1.30. The largest absolute Gasteiger partial charge is 0.382 e. The molecule has 0 bridgehead atoms. The number of nitrogens with two attached hydrogens (primary N) is 1. The third kappa shape index (κ3) is 4.31. The summed E-state index contributed by atoms with van der Waals surface area (Å²) in [6.45, 7) is 1.65. The van der Waals surface area contributed by atoms with Gasteiger partial charge in [0.2, 0.25) is 5.91 Å². The van der Waals surface area contributed by atoms with Crippen LogP contribution >= 0.6 is 23.4 Å². The second-order valence-electron chi connectivity index (χ2n) is 4.44. The first-order valence-electron chi connectivity index (χ1n) is 6.36. The van der Waals surface area contributed by atoms with E-state index >= 15 is 0 Å². The van der Waals surface area contributed by atoms with Crippen molar-refractivity contribution in [2.45, 2.75) is 17.3 Å². The first kappa shape index (κ1) is 17.0. The third-order valence-electron chi connectivity index (χ3n) is 2.76. The molecule has 1 amide bonds. The minimum Gasteiger partial charge on any atom is -0.382 e. The lowest BCUT2D eigenvalue weighted by Gasteiger charge is -2.12. The summed E-state index contributed by atoms with van der Waals surface area (Å²) in [5.74, 6) is -0.786. The van der Waals surface area contributed by atoms with Gasteiger partial charge in [0.05, 0.1) is 22.2 Å². The molecule has 0 fully saturated rings. The van der Waals surface area contributed by atoms with E-state index in [9.17, 15) is 9.18 Å². The fourth-order valence-electron chi connectivity index (χ4n) is 1.56. The molecule has 1 aromatic carbocycles. The van der Waals surface area contributed by atoms with Crippen molar-refractivity contribution in [3.63, 3.8) is 0 Å². The van der Waals surface area contributed by atoms with Crippen LogP contribution in [0.3, 0.4) is 0 Å². The molecule has 0 saturated carbocycles. The maximum Gasteiger partial charge on any atom is 0.237 e. The number of benzene rings is 1. The minimum atomic E-state index is -0.552. The number of rotatable bonds is 4. The number of nitrogens with one attached hydrogen (secondary N) is 1. The number of hydrogen-bond acceptors (Lipinski definition) is 6. The molecule has 1 aromatic heterocycles. The summed E-state index contributed by atoms with van der Waals surface area (Å²) in [4.78, 5) is 20.1. The molecule has 0 radical (unpaired) electrons. The van der Waals surface area contributed by atoms with Crippen LogP contribution in [0.25, 0.3) is 0 Å². The molecule has 23 heavy (non-hydrogen) atoms. The number of nitriles is 1. The first-order valence-corrected chi connectivity index (χ1v) is 7.61. The summed E-state index contributed by atoms with van der Waals surface area (Å²) >= 11 is 6.93. The topological polar surface area (TPSA) is 105 Å². The summed E-state index contributed by atoms with van der Waals surface area (Å²) in [5.41, 5.74) is 6.08. The van der Waals surface area contributed by atoms with Gasteiger partial charge in [-0.25, -0.2) is 14.4 Å². The maximum absolute atomic E-state index is 13.0. The van der Waals surface area contributed by atoms with Gasteiger partial charge < -0.3 is 11.1 Å². The Morgan fingerprint density at radius 1 is 1.57 bits per heavy atom. The van der Waals surface area contributed by atoms with E-state index in [1.807, 2.05) is 6.07 Å². The van der Waals surface area contributed by atoms with E-state index in [4.69, 9.17) is 22.6 Å². The summed E-state index contributed by atoms with van der Waals surface area (Å²) in [5, 5.41) is 11.2. The molecular formula is C14H11ClFN5OS. The molecule has 118 valence electrons. The Balaban J connectivity index is 2.05. The molecule has 0 aliphatic rings. The number of anilines is 2. The van der Waals surface area contributed by atoms with Crippen molar-refractivity contribution in [1.29, 1.82) is 5.26 Å². The highest BCUT2D eigenvalue weighted by atomic mass is 35.5. The van der Waals surface area contributed by atoms with Crippen molar-refractivity contribution in [2.24, 2.45) is 0 Å². The van der Waals surface area contributed by atoms with Crippen LogP contribution in [0.15, 0.2) is 29.6 Å². The number of carbonyl (C=O) groups is 1. The van der Waals surface area contributed by atoms with Gasteiger partial charge >= 0.3 is 0 Å². The van der Waals surface area contributed by atoms with E-state index in [-0.39, 0.29) is 27.5 Å². The van der Waals surface area contributed by atoms with Crippen molar-refractivity contribution in [2.75, 3.05) is 11.1 Å². The molecule has 2 rings (SSSR count). The number of hydrogen-bond donors (Lipinski definition) is 2. The number of amides is 1. The van der Waals surface area contributed by atoms with Crippen molar-refractivity contribution in [1.82, 2.24) is 9.97 Å². The Morgan fingerprint density at radius 2 is 2.30 bits per heavy atom. The van der Waals surface area contributed by atoms with E-state index in [0.29, 0.717) is 5.69 Å². The fraction of sp³-hybridized carbons (Fsp3) is 0.143. The van der Waals surface area contributed by atoms with Gasteiger partial charge in [0.15, 0.2) is 5.16 Å². The van der Waals surface area contributed by atoms with Gasteiger partial charge in [0, 0.05) is 0 Å². The molecular weight excluding hydrogens is 341 g/mol. The standard InChI is InChI=1S/C14H11ClFN5OS/c1-7(23-14-19-6-8(5-17)12(18)21-14)13(22)20-11-3-2-9(16)4-10(11)15/h2-4,6-7H,1H3,(H,20,22)(H2,18,19,21)/t7-/m1/s1. The third-order valence-corrected chi connectivity index (χ3v) is 4.04. The van der Waals surface area contributed by atoms with Crippen LogP contribution in [0.1, 0.15) is 12.5 Å². The second kappa shape index (κ2) is 7.26. The Labute approximate surface area is 140 Å². The molecule has 1 heterocycles. The van der Waals surface area contributed by atoms with Gasteiger partial charge in [-0.15, -0.1) is 0 Å². The zero-order chi connectivity index (χ0) is 17.0. The van der Waals surface area contributed by atoms with Crippen molar-refractivity contribution >= 4 is 40.8 Å². The molecule has 6 nitrogen and oxygen atoms in total. The SMILES string of the molecule is C[C@@H](Sc1ncc(C#N)c(N)n1)C(=O)Nc1ccc(F)cc1Cl. The highest BCUT2D eigenvalue weighted by molar-refractivity contribution is 8.00. The molecule has 0 unspecified atom stereocenters. The Bertz CT molecular complexity index is 795. The average molecular weight is 352 g/mol. The maximum atomic E-state index is 13.0. The normalized spacial score (nSPS) is 11.6. The van der Waals surface area contributed by atoms with E-state index in [0.717, 1.165) is 17.8 Å². The Kier molecular flexibility index (Phi) is 5.36. The van der Waals surface area contributed by atoms with Gasteiger partial charge in [0.25, 0.3) is 0 Å². The molecule has 0 aliphatic heterocycles. The number of aromatic nitrogens is 2.